The number of hydrogen-bond donors (Lipinski definition) is 0. The van der Waals surface area contributed by atoms with Crippen LogP contribution in [0.15, 0.2) is 125 Å². The number of thioether (sulfide) groups is 1. The number of amides is 1. The van der Waals surface area contributed by atoms with Crippen LogP contribution in [0.3, 0.4) is 0 Å². The fraction of sp³-hybridized carbons (Fsp3) is 0.114. The van der Waals surface area contributed by atoms with Crippen molar-refractivity contribution in [1.29, 1.82) is 0 Å². The first-order valence-electron chi connectivity index (χ1n) is 14.0. The normalized spacial score (nSPS) is 13.9. The second-order valence-electron chi connectivity index (χ2n) is 9.92. The molecule has 8 heteroatoms. The van der Waals surface area contributed by atoms with Crippen molar-refractivity contribution in [1.82, 2.24) is 9.78 Å². The molecule has 1 aliphatic heterocycles. The second kappa shape index (κ2) is 12.7. The molecule has 4 aromatic carbocycles. The van der Waals surface area contributed by atoms with Gasteiger partial charge in [0.1, 0.15) is 11.4 Å². The Morgan fingerprint density at radius 3 is 2.28 bits per heavy atom. The van der Waals surface area contributed by atoms with Gasteiger partial charge in [0, 0.05) is 33.0 Å². The highest BCUT2D eigenvalue weighted by atomic mass is 35.5. The van der Waals surface area contributed by atoms with Crippen LogP contribution in [-0.4, -0.2) is 33.8 Å². The molecule has 6 nitrogen and oxygen atoms in total. The molecule has 0 saturated heterocycles. The Hall–Kier alpha value is -4.59. The summed E-state index contributed by atoms with van der Waals surface area (Å²) in [7, 11) is 0. The van der Waals surface area contributed by atoms with Gasteiger partial charge in [-0.05, 0) is 92.2 Å². The molecule has 1 aliphatic rings. The largest absolute Gasteiger partial charge is 0.494 e. The molecule has 0 radical (unpaired) electrons. The number of hydrazone groups is 1. The molecule has 5 aromatic rings. The molecule has 0 N–H and O–H groups in total. The summed E-state index contributed by atoms with van der Waals surface area (Å²) in [6.07, 6.45) is 3.89. The minimum absolute atomic E-state index is 0.181. The second-order valence-corrected chi connectivity index (χ2v) is 11.4. The summed E-state index contributed by atoms with van der Waals surface area (Å²) in [5.41, 5.74) is 6.44. The van der Waals surface area contributed by atoms with E-state index in [1.54, 1.807) is 11.8 Å². The SMILES string of the molecule is CCOc1ccc(-c2nn(-c3ccccc3)cc2/C=C2\C(=O)N(c3ccccc3)N=C2CSc2ccc(Cl)cc2)c(C)c1. The molecule has 1 aromatic heterocycles. The van der Waals surface area contributed by atoms with Gasteiger partial charge in [-0.2, -0.15) is 15.2 Å². The molecule has 43 heavy (non-hydrogen) atoms. The van der Waals surface area contributed by atoms with E-state index in [0.29, 0.717) is 34.4 Å². The molecule has 0 spiro atoms. The van der Waals surface area contributed by atoms with Crippen LogP contribution in [0.5, 0.6) is 5.75 Å². The Labute approximate surface area is 260 Å². The quantitative estimate of drug-likeness (QED) is 0.125. The number of hydrogen-bond acceptors (Lipinski definition) is 5. The number of aryl methyl sites for hydroxylation is 1. The van der Waals surface area contributed by atoms with Crippen molar-refractivity contribution in [3.05, 3.63) is 131 Å². The smallest absolute Gasteiger partial charge is 0.280 e. The molecule has 0 fully saturated rings. The number of rotatable bonds is 9. The van der Waals surface area contributed by atoms with Gasteiger partial charge in [-0.25, -0.2) is 4.68 Å². The average Bonchev–Trinajstić information content (AvgIpc) is 3.59. The van der Waals surface area contributed by atoms with Crippen molar-refractivity contribution in [3.63, 3.8) is 0 Å². The summed E-state index contributed by atoms with van der Waals surface area (Å²) in [5, 5.41) is 12.0. The molecule has 0 unspecified atom stereocenters. The van der Waals surface area contributed by atoms with Gasteiger partial charge in [-0.3, -0.25) is 4.79 Å². The van der Waals surface area contributed by atoms with E-state index in [1.807, 2.05) is 134 Å². The Balaban J connectivity index is 1.44. The van der Waals surface area contributed by atoms with E-state index in [0.717, 1.165) is 38.7 Å². The van der Waals surface area contributed by atoms with Gasteiger partial charge in [0.05, 0.1) is 29.3 Å². The van der Waals surface area contributed by atoms with E-state index in [2.05, 4.69) is 0 Å². The van der Waals surface area contributed by atoms with Crippen molar-refractivity contribution in [2.45, 2.75) is 18.7 Å². The van der Waals surface area contributed by atoms with E-state index in [9.17, 15) is 4.79 Å². The highest BCUT2D eigenvalue weighted by Gasteiger charge is 2.32. The van der Waals surface area contributed by atoms with Gasteiger partial charge in [0.2, 0.25) is 0 Å². The molecule has 6 rings (SSSR count). The van der Waals surface area contributed by atoms with Crippen LogP contribution in [0.1, 0.15) is 18.1 Å². The molecule has 0 saturated carbocycles. The van der Waals surface area contributed by atoms with Crippen LogP contribution < -0.4 is 9.75 Å². The number of aromatic nitrogens is 2. The van der Waals surface area contributed by atoms with Gasteiger partial charge in [-0.1, -0.05) is 48.0 Å². The zero-order chi connectivity index (χ0) is 29.8. The standard InChI is InChI=1S/C35H29ClN4O2S/c1-3-42-29-16-19-31(24(2)20-29)34-25(22-39(38-34)27-10-6-4-7-11-27)21-32-33(23-43-30-17-14-26(36)15-18-30)37-40(35(32)41)28-12-8-5-9-13-28/h4-22H,3,23H2,1-2H3/b32-21-. The predicted octanol–water partition coefficient (Wildman–Crippen LogP) is 8.48. The summed E-state index contributed by atoms with van der Waals surface area (Å²) in [4.78, 5) is 15.0. The van der Waals surface area contributed by atoms with E-state index in [4.69, 9.17) is 26.5 Å². The molecule has 0 atom stereocenters. The minimum Gasteiger partial charge on any atom is -0.494 e. The first kappa shape index (κ1) is 28.5. The summed E-state index contributed by atoms with van der Waals surface area (Å²) in [6.45, 7) is 4.61. The van der Waals surface area contributed by atoms with Crippen LogP contribution in [0, 0.1) is 6.92 Å². The first-order chi connectivity index (χ1) is 21.0. The first-order valence-corrected chi connectivity index (χ1v) is 15.3. The summed E-state index contributed by atoms with van der Waals surface area (Å²) in [6, 6.07) is 33.1. The van der Waals surface area contributed by atoms with Crippen molar-refractivity contribution in [3.8, 4) is 22.7 Å². The molecule has 0 aliphatic carbocycles. The Morgan fingerprint density at radius 1 is 0.907 bits per heavy atom. The number of carbonyl (C=O) groups is 1. The van der Waals surface area contributed by atoms with E-state index in [1.165, 1.54) is 5.01 Å². The van der Waals surface area contributed by atoms with Gasteiger partial charge in [-0.15, -0.1) is 11.8 Å². The van der Waals surface area contributed by atoms with Crippen LogP contribution >= 0.6 is 23.4 Å². The van der Waals surface area contributed by atoms with Crippen LogP contribution in [0.4, 0.5) is 5.69 Å². The average molecular weight is 605 g/mol. The van der Waals surface area contributed by atoms with Gasteiger partial charge in [0.25, 0.3) is 5.91 Å². The molecule has 2 heterocycles. The Bertz CT molecular complexity index is 1820. The Kier molecular flexibility index (Phi) is 8.45. The third-order valence-corrected chi connectivity index (χ3v) is 8.25. The van der Waals surface area contributed by atoms with Crippen LogP contribution in [0.2, 0.25) is 5.02 Å². The monoisotopic (exact) mass is 604 g/mol. The van der Waals surface area contributed by atoms with E-state index >= 15 is 0 Å². The summed E-state index contributed by atoms with van der Waals surface area (Å²) in [5.74, 6) is 1.14. The molecule has 0 bridgehead atoms. The summed E-state index contributed by atoms with van der Waals surface area (Å²) >= 11 is 7.70. The molecule has 1 amide bonds. The number of benzene rings is 4. The van der Waals surface area contributed by atoms with Crippen molar-refractivity contribution in [2.24, 2.45) is 5.10 Å². The number of para-hydroxylation sites is 2. The van der Waals surface area contributed by atoms with Crippen molar-refractivity contribution >= 4 is 46.7 Å². The summed E-state index contributed by atoms with van der Waals surface area (Å²) < 4.78 is 7.58. The zero-order valence-corrected chi connectivity index (χ0v) is 25.3. The number of carbonyl (C=O) groups excluding carboxylic acids is 1. The number of halogens is 1. The maximum atomic E-state index is 14.0. The minimum atomic E-state index is -0.181. The topological polar surface area (TPSA) is 59.7 Å². The van der Waals surface area contributed by atoms with Crippen LogP contribution in [0.25, 0.3) is 23.0 Å². The fourth-order valence-electron chi connectivity index (χ4n) is 4.86. The van der Waals surface area contributed by atoms with E-state index in [-0.39, 0.29) is 5.91 Å². The van der Waals surface area contributed by atoms with Crippen molar-refractivity contribution < 1.29 is 9.53 Å². The van der Waals surface area contributed by atoms with Crippen LogP contribution in [-0.2, 0) is 4.79 Å². The maximum absolute atomic E-state index is 14.0. The molecule has 214 valence electrons. The lowest BCUT2D eigenvalue weighted by molar-refractivity contribution is -0.114. The number of anilines is 1. The lowest BCUT2D eigenvalue weighted by Crippen LogP contribution is -2.21. The van der Waals surface area contributed by atoms with Gasteiger partial charge >= 0.3 is 0 Å². The van der Waals surface area contributed by atoms with Gasteiger partial charge < -0.3 is 4.74 Å². The zero-order valence-electron chi connectivity index (χ0n) is 23.8. The third kappa shape index (κ3) is 6.28. The fourth-order valence-corrected chi connectivity index (χ4v) is 5.84. The highest BCUT2D eigenvalue weighted by molar-refractivity contribution is 8.00. The van der Waals surface area contributed by atoms with Gasteiger partial charge in [0.15, 0.2) is 0 Å². The molecular formula is C35H29ClN4O2S. The lowest BCUT2D eigenvalue weighted by atomic mass is 10.00. The number of nitrogens with zero attached hydrogens (tertiary/aromatic N) is 4. The Morgan fingerprint density at radius 2 is 1.60 bits per heavy atom. The van der Waals surface area contributed by atoms with Crippen molar-refractivity contribution in [2.75, 3.05) is 17.4 Å². The third-order valence-electron chi connectivity index (χ3n) is 6.97. The maximum Gasteiger partial charge on any atom is 0.280 e. The predicted molar refractivity (Wildman–Crippen MR) is 176 cm³/mol. The molecular weight excluding hydrogens is 576 g/mol. The van der Waals surface area contributed by atoms with E-state index < -0.39 is 0 Å². The number of ether oxygens (including phenoxy) is 1. The highest BCUT2D eigenvalue weighted by Crippen LogP contribution is 2.33. The lowest BCUT2D eigenvalue weighted by Gasteiger charge is -2.11.